The van der Waals surface area contributed by atoms with Gasteiger partial charge in [0.25, 0.3) is 0 Å². The molecule has 0 radical (unpaired) electrons. The van der Waals surface area contributed by atoms with Crippen LogP contribution in [0.15, 0.2) is 24.5 Å². The van der Waals surface area contributed by atoms with E-state index in [1.165, 1.54) is 27.9 Å². The van der Waals surface area contributed by atoms with Crippen molar-refractivity contribution in [3.05, 3.63) is 35.7 Å². The molecular formula is C13H17N3. The number of hydrogen-bond acceptors (Lipinski definition) is 2. The van der Waals surface area contributed by atoms with Crippen molar-refractivity contribution in [2.45, 2.75) is 13.8 Å². The van der Waals surface area contributed by atoms with E-state index < -0.39 is 0 Å². The summed E-state index contributed by atoms with van der Waals surface area (Å²) >= 11 is 0. The molecule has 0 spiro atoms. The lowest BCUT2D eigenvalue weighted by atomic mass is 9.98. The summed E-state index contributed by atoms with van der Waals surface area (Å²) in [6.07, 6.45) is 3.95. The van der Waals surface area contributed by atoms with E-state index >= 15 is 0 Å². The first-order chi connectivity index (χ1) is 7.63. The highest BCUT2D eigenvalue weighted by Crippen LogP contribution is 2.29. The van der Waals surface area contributed by atoms with E-state index in [-0.39, 0.29) is 0 Å². The maximum absolute atomic E-state index is 4.21. The Morgan fingerprint density at radius 3 is 2.50 bits per heavy atom. The molecule has 0 aliphatic heterocycles. The van der Waals surface area contributed by atoms with Crippen LogP contribution in [0.1, 0.15) is 11.1 Å². The van der Waals surface area contributed by atoms with Crippen molar-refractivity contribution < 1.29 is 0 Å². The summed E-state index contributed by atoms with van der Waals surface area (Å²) in [5.74, 6) is 0. The lowest BCUT2D eigenvalue weighted by Crippen LogP contribution is -1.95. The summed E-state index contributed by atoms with van der Waals surface area (Å²) in [5.41, 5.74) is 6.21. The SMILES string of the molecule is CNc1ccc(-c2cnn(C)c2)c(C)c1C. The first-order valence-corrected chi connectivity index (χ1v) is 5.40. The Labute approximate surface area is 96.1 Å². The van der Waals surface area contributed by atoms with Gasteiger partial charge in [0, 0.05) is 31.5 Å². The Kier molecular flexibility index (Phi) is 2.69. The zero-order valence-electron chi connectivity index (χ0n) is 10.2. The maximum Gasteiger partial charge on any atom is 0.0568 e. The second-order valence-corrected chi connectivity index (χ2v) is 4.06. The molecule has 0 unspecified atom stereocenters. The van der Waals surface area contributed by atoms with Gasteiger partial charge >= 0.3 is 0 Å². The van der Waals surface area contributed by atoms with Crippen molar-refractivity contribution in [3.8, 4) is 11.1 Å². The molecule has 0 bridgehead atoms. The summed E-state index contributed by atoms with van der Waals surface area (Å²) < 4.78 is 1.83. The van der Waals surface area contributed by atoms with Crippen LogP contribution in [0.5, 0.6) is 0 Å². The number of nitrogens with one attached hydrogen (secondary N) is 1. The summed E-state index contributed by atoms with van der Waals surface area (Å²) in [6.45, 7) is 4.29. The van der Waals surface area contributed by atoms with Crippen molar-refractivity contribution in [2.24, 2.45) is 7.05 Å². The minimum Gasteiger partial charge on any atom is -0.388 e. The number of rotatable bonds is 2. The zero-order chi connectivity index (χ0) is 11.7. The number of aromatic nitrogens is 2. The topological polar surface area (TPSA) is 29.9 Å². The van der Waals surface area contributed by atoms with Gasteiger partial charge in [-0.3, -0.25) is 4.68 Å². The van der Waals surface area contributed by atoms with Crippen LogP contribution in [0.2, 0.25) is 0 Å². The van der Waals surface area contributed by atoms with Crippen LogP contribution in [0.4, 0.5) is 5.69 Å². The molecule has 1 heterocycles. The largest absolute Gasteiger partial charge is 0.388 e. The highest BCUT2D eigenvalue weighted by Gasteiger charge is 2.08. The van der Waals surface area contributed by atoms with Gasteiger partial charge in [-0.15, -0.1) is 0 Å². The highest BCUT2D eigenvalue weighted by molar-refractivity contribution is 5.72. The van der Waals surface area contributed by atoms with Crippen LogP contribution in [0.3, 0.4) is 0 Å². The van der Waals surface area contributed by atoms with E-state index in [2.05, 4.69) is 36.4 Å². The van der Waals surface area contributed by atoms with Crippen LogP contribution in [0.25, 0.3) is 11.1 Å². The standard InChI is InChI=1S/C13H17N3/c1-9-10(2)13(14-3)6-5-12(9)11-7-15-16(4)8-11/h5-8,14H,1-4H3. The molecule has 0 saturated heterocycles. The van der Waals surface area contributed by atoms with Crippen LogP contribution < -0.4 is 5.32 Å². The van der Waals surface area contributed by atoms with E-state index in [1.807, 2.05) is 31.2 Å². The molecule has 0 saturated carbocycles. The summed E-state index contributed by atoms with van der Waals surface area (Å²) in [6, 6.07) is 4.26. The van der Waals surface area contributed by atoms with E-state index in [9.17, 15) is 0 Å². The molecule has 0 aliphatic carbocycles. The molecule has 3 heteroatoms. The molecule has 2 rings (SSSR count). The molecule has 16 heavy (non-hydrogen) atoms. The van der Waals surface area contributed by atoms with Crippen LogP contribution in [0, 0.1) is 13.8 Å². The molecule has 1 aromatic heterocycles. The predicted molar refractivity (Wildman–Crippen MR) is 67.7 cm³/mol. The normalized spacial score (nSPS) is 10.5. The first kappa shape index (κ1) is 10.7. The lowest BCUT2D eigenvalue weighted by molar-refractivity contribution is 0.768. The predicted octanol–water partition coefficient (Wildman–Crippen LogP) is 2.75. The van der Waals surface area contributed by atoms with Gasteiger partial charge in [-0.05, 0) is 36.6 Å². The average Bonchev–Trinajstić information content (AvgIpc) is 2.69. The maximum atomic E-state index is 4.21. The van der Waals surface area contributed by atoms with Gasteiger partial charge in [0.05, 0.1) is 6.20 Å². The molecule has 0 amide bonds. The number of nitrogens with zero attached hydrogens (tertiary/aromatic N) is 2. The summed E-state index contributed by atoms with van der Waals surface area (Å²) in [5, 5.41) is 7.41. The Morgan fingerprint density at radius 1 is 1.19 bits per heavy atom. The molecule has 1 aromatic carbocycles. The van der Waals surface area contributed by atoms with Crippen LogP contribution >= 0.6 is 0 Å². The fourth-order valence-corrected chi connectivity index (χ4v) is 1.96. The van der Waals surface area contributed by atoms with E-state index in [1.54, 1.807) is 0 Å². The second kappa shape index (κ2) is 4.00. The van der Waals surface area contributed by atoms with Gasteiger partial charge in [0.1, 0.15) is 0 Å². The Morgan fingerprint density at radius 2 is 1.94 bits per heavy atom. The molecule has 0 atom stereocenters. The Balaban J connectivity index is 2.55. The third-order valence-electron chi connectivity index (χ3n) is 3.07. The quantitative estimate of drug-likeness (QED) is 0.834. The van der Waals surface area contributed by atoms with E-state index in [0.29, 0.717) is 0 Å². The fourth-order valence-electron chi connectivity index (χ4n) is 1.96. The lowest BCUT2D eigenvalue weighted by Gasteiger charge is -2.11. The van der Waals surface area contributed by atoms with Gasteiger partial charge in [-0.2, -0.15) is 5.10 Å². The molecular weight excluding hydrogens is 198 g/mol. The third-order valence-corrected chi connectivity index (χ3v) is 3.07. The third kappa shape index (κ3) is 1.69. The number of anilines is 1. The van der Waals surface area contributed by atoms with E-state index in [4.69, 9.17) is 0 Å². The van der Waals surface area contributed by atoms with Crippen molar-refractivity contribution in [2.75, 3.05) is 12.4 Å². The van der Waals surface area contributed by atoms with Crippen LogP contribution in [-0.4, -0.2) is 16.8 Å². The van der Waals surface area contributed by atoms with Gasteiger partial charge in [-0.25, -0.2) is 0 Å². The summed E-state index contributed by atoms with van der Waals surface area (Å²) in [7, 11) is 3.89. The van der Waals surface area contributed by atoms with Crippen molar-refractivity contribution in [1.82, 2.24) is 9.78 Å². The van der Waals surface area contributed by atoms with Crippen molar-refractivity contribution in [1.29, 1.82) is 0 Å². The zero-order valence-corrected chi connectivity index (χ0v) is 10.2. The molecule has 84 valence electrons. The fraction of sp³-hybridized carbons (Fsp3) is 0.308. The number of aryl methyl sites for hydroxylation is 1. The first-order valence-electron chi connectivity index (χ1n) is 5.40. The average molecular weight is 215 g/mol. The Bertz CT molecular complexity index is 512. The highest BCUT2D eigenvalue weighted by atomic mass is 15.2. The van der Waals surface area contributed by atoms with Gasteiger partial charge in [0.2, 0.25) is 0 Å². The summed E-state index contributed by atoms with van der Waals surface area (Å²) in [4.78, 5) is 0. The van der Waals surface area contributed by atoms with Crippen molar-refractivity contribution >= 4 is 5.69 Å². The van der Waals surface area contributed by atoms with Crippen molar-refractivity contribution in [3.63, 3.8) is 0 Å². The molecule has 3 nitrogen and oxygen atoms in total. The second-order valence-electron chi connectivity index (χ2n) is 4.06. The smallest absolute Gasteiger partial charge is 0.0568 e. The van der Waals surface area contributed by atoms with Gasteiger partial charge < -0.3 is 5.32 Å². The molecule has 1 N–H and O–H groups in total. The molecule has 0 aliphatic rings. The minimum atomic E-state index is 1.17. The molecule has 0 fully saturated rings. The Hall–Kier alpha value is -1.77. The number of benzene rings is 1. The van der Waals surface area contributed by atoms with Crippen LogP contribution in [-0.2, 0) is 7.05 Å². The van der Waals surface area contributed by atoms with E-state index in [0.717, 1.165) is 0 Å². The van der Waals surface area contributed by atoms with Gasteiger partial charge in [0.15, 0.2) is 0 Å². The van der Waals surface area contributed by atoms with Gasteiger partial charge in [-0.1, -0.05) is 6.07 Å². The number of hydrogen-bond donors (Lipinski definition) is 1. The minimum absolute atomic E-state index is 1.17. The molecule has 2 aromatic rings. The monoisotopic (exact) mass is 215 g/mol.